The van der Waals surface area contributed by atoms with E-state index in [2.05, 4.69) is 9.97 Å². The van der Waals surface area contributed by atoms with Crippen molar-refractivity contribution in [3.05, 3.63) is 18.2 Å². The first-order valence-corrected chi connectivity index (χ1v) is 3.87. The summed E-state index contributed by atoms with van der Waals surface area (Å²) in [6, 6.07) is 0. The van der Waals surface area contributed by atoms with E-state index in [4.69, 9.17) is 5.11 Å². The van der Waals surface area contributed by atoms with Crippen molar-refractivity contribution in [2.24, 2.45) is 5.92 Å². The predicted octanol–water partition coefficient (Wildman–Crippen LogP) is 1.06. The van der Waals surface area contributed by atoms with Crippen molar-refractivity contribution in [3.8, 4) is 0 Å². The molecule has 1 unspecified atom stereocenters. The fraction of sp³-hybridized carbons (Fsp3) is 0.500. The van der Waals surface area contributed by atoms with Crippen molar-refractivity contribution in [1.29, 1.82) is 0 Å². The highest BCUT2D eigenvalue weighted by atomic mass is 16.4. The summed E-state index contributed by atoms with van der Waals surface area (Å²) in [4.78, 5) is 17.1. The zero-order chi connectivity index (χ0) is 8.97. The third-order valence-corrected chi connectivity index (χ3v) is 1.65. The molecule has 66 valence electrons. The first-order valence-electron chi connectivity index (χ1n) is 3.87. The molecule has 2 N–H and O–H groups in total. The second-order valence-corrected chi connectivity index (χ2v) is 2.98. The summed E-state index contributed by atoms with van der Waals surface area (Å²) in [6.45, 7) is 1.91. The summed E-state index contributed by atoms with van der Waals surface area (Å²) in [5, 5.41) is 8.49. The Labute approximate surface area is 70.6 Å². The van der Waals surface area contributed by atoms with E-state index in [1.165, 1.54) is 0 Å². The van der Waals surface area contributed by atoms with Crippen LogP contribution in [0.1, 0.15) is 19.0 Å². The third-order valence-electron chi connectivity index (χ3n) is 1.65. The topological polar surface area (TPSA) is 66.0 Å². The first kappa shape index (κ1) is 8.77. The van der Waals surface area contributed by atoms with E-state index in [0.717, 1.165) is 12.1 Å². The lowest BCUT2D eigenvalue weighted by Crippen LogP contribution is -2.07. The number of hydrogen-bond donors (Lipinski definition) is 2. The predicted molar refractivity (Wildman–Crippen MR) is 43.7 cm³/mol. The summed E-state index contributed by atoms with van der Waals surface area (Å²) >= 11 is 0. The van der Waals surface area contributed by atoms with Crippen LogP contribution in [0.3, 0.4) is 0 Å². The minimum atomic E-state index is -0.748. The molecule has 0 bridgehead atoms. The number of nitrogens with one attached hydrogen (secondary N) is 1. The van der Waals surface area contributed by atoms with Crippen LogP contribution in [-0.2, 0) is 11.2 Å². The van der Waals surface area contributed by atoms with Crippen molar-refractivity contribution < 1.29 is 9.90 Å². The lowest BCUT2D eigenvalue weighted by atomic mass is 10.0. The highest BCUT2D eigenvalue weighted by Crippen LogP contribution is 2.08. The van der Waals surface area contributed by atoms with E-state index < -0.39 is 5.97 Å². The minimum Gasteiger partial charge on any atom is -0.481 e. The molecule has 1 heterocycles. The van der Waals surface area contributed by atoms with E-state index in [1.807, 2.05) is 6.92 Å². The molecule has 1 aromatic rings. The number of carboxylic acid groups (broad SMARTS) is 1. The monoisotopic (exact) mass is 168 g/mol. The van der Waals surface area contributed by atoms with Gasteiger partial charge in [0.2, 0.25) is 0 Å². The zero-order valence-electron chi connectivity index (χ0n) is 6.95. The van der Waals surface area contributed by atoms with Gasteiger partial charge in [0, 0.05) is 18.3 Å². The van der Waals surface area contributed by atoms with Crippen LogP contribution in [0.15, 0.2) is 12.5 Å². The molecule has 0 saturated carbocycles. The summed E-state index contributed by atoms with van der Waals surface area (Å²) in [5.41, 5.74) is 0.990. The van der Waals surface area contributed by atoms with Crippen LogP contribution in [-0.4, -0.2) is 21.0 Å². The van der Waals surface area contributed by atoms with Gasteiger partial charge in [0.1, 0.15) is 0 Å². The minimum absolute atomic E-state index is 0.156. The van der Waals surface area contributed by atoms with E-state index in [0.29, 0.717) is 0 Å². The van der Waals surface area contributed by atoms with Gasteiger partial charge in [0.25, 0.3) is 0 Å². The Morgan fingerprint density at radius 2 is 2.58 bits per heavy atom. The average molecular weight is 168 g/mol. The number of aromatic amines is 1. The summed E-state index contributed by atoms with van der Waals surface area (Å²) in [6.07, 6.45) is 4.27. The molecule has 0 fully saturated rings. The Kier molecular flexibility index (Phi) is 2.85. The van der Waals surface area contributed by atoms with Gasteiger partial charge in [-0.15, -0.1) is 0 Å². The van der Waals surface area contributed by atoms with Crippen LogP contribution in [0.5, 0.6) is 0 Å². The number of carboxylic acids is 1. The molecule has 12 heavy (non-hydrogen) atoms. The number of aromatic nitrogens is 2. The van der Waals surface area contributed by atoms with Crippen molar-refractivity contribution in [1.82, 2.24) is 9.97 Å². The molecule has 0 radical (unpaired) electrons. The standard InChI is InChI=1S/C8H12N2O2/c1-6(3-8(11)12)2-7-4-9-5-10-7/h4-6H,2-3H2,1H3,(H,9,10)(H,11,12). The van der Waals surface area contributed by atoms with Gasteiger partial charge in [-0.2, -0.15) is 0 Å². The number of carbonyl (C=O) groups is 1. The SMILES string of the molecule is CC(CC(=O)O)Cc1cnc[nH]1. The third kappa shape index (κ3) is 2.74. The number of nitrogens with zero attached hydrogens (tertiary/aromatic N) is 1. The quantitative estimate of drug-likeness (QED) is 0.706. The van der Waals surface area contributed by atoms with Gasteiger partial charge in [-0.05, 0) is 12.3 Å². The van der Waals surface area contributed by atoms with Crippen molar-refractivity contribution in [3.63, 3.8) is 0 Å². The molecule has 0 saturated heterocycles. The molecular formula is C8H12N2O2. The number of H-pyrrole nitrogens is 1. The van der Waals surface area contributed by atoms with Crippen LogP contribution in [0.4, 0.5) is 0 Å². The maximum absolute atomic E-state index is 10.3. The number of rotatable bonds is 4. The Bertz CT molecular complexity index is 244. The Hall–Kier alpha value is -1.32. The number of aliphatic carboxylic acids is 1. The van der Waals surface area contributed by atoms with Crippen LogP contribution >= 0.6 is 0 Å². The van der Waals surface area contributed by atoms with Gasteiger partial charge in [0.15, 0.2) is 0 Å². The second-order valence-electron chi connectivity index (χ2n) is 2.98. The van der Waals surface area contributed by atoms with Crippen molar-refractivity contribution >= 4 is 5.97 Å². The Morgan fingerprint density at radius 3 is 3.08 bits per heavy atom. The Morgan fingerprint density at radius 1 is 1.83 bits per heavy atom. The highest BCUT2D eigenvalue weighted by molar-refractivity contribution is 5.66. The highest BCUT2D eigenvalue weighted by Gasteiger charge is 2.08. The van der Waals surface area contributed by atoms with Gasteiger partial charge < -0.3 is 10.1 Å². The van der Waals surface area contributed by atoms with Crippen LogP contribution in [0, 0.1) is 5.92 Å². The molecule has 1 rings (SSSR count). The zero-order valence-corrected chi connectivity index (χ0v) is 6.95. The van der Waals surface area contributed by atoms with E-state index in [1.54, 1.807) is 12.5 Å². The smallest absolute Gasteiger partial charge is 0.303 e. The molecule has 0 aliphatic heterocycles. The summed E-state index contributed by atoms with van der Waals surface area (Å²) in [5.74, 6) is -0.593. The maximum atomic E-state index is 10.3. The fourth-order valence-electron chi connectivity index (χ4n) is 1.14. The molecule has 1 atom stereocenters. The van der Waals surface area contributed by atoms with Gasteiger partial charge in [0.05, 0.1) is 6.33 Å². The molecular weight excluding hydrogens is 156 g/mol. The normalized spacial score (nSPS) is 12.8. The van der Waals surface area contributed by atoms with Gasteiger partial charge >= 0.3 is 5.97 Å². The molecule has 1 aromatic heterocycles. The second kappa shape index (κ2) is 3.90. The van der Waals surface area contributed by atoms with Crippen LogP contribution in [0.2, 0.25) is 0 Å². The molecule has 0 amide bonds. The molecule has 4 nitrogen and oxygen atoms in total. The summed E-state index contributed by atoms with van der Waals surface area (Å²) in [7, 11) is 0. The first-order chi connectivity index (χ1) is 5.68. The number of hydrogen-bond acceptors (Lipinski definition) is 2. The van der Waals surface area contributed by atoms with E-state index >= 15 is 0 Å². The van der Waals surface area contributed by atoms with Gasteiger partial charge in [-0.25, -0.2) is 4.98 Å². The molecule has 0 aliphatic rings. The maximum Gasteiger partial charge on any atom is 0.303 e. The van der Waals surface area contributed by atoms with E-state index in [-0.39, 0.29) is 12.3 Å². The lowest BCUT2D eigenvalue weighted by molar-refractivity contribution is -0.137. The average Bonchev–Trinajstić information content (AvgIpc) is 2.37. The number of imidazole rings is 1. The Balaban J connectivity index is 2.36. The molecule has 0 aromatic carbocycles. The van der Waals surface area contributed by atoms with Crippen LogP contribution in [0.25, 0.3) is 0 Å². The lowest BCUT2D eigenvalue weighted by Gasteiger charge is -2.05. The van der Waals surface area contributed by atoms with Crippen molar-refractivity contribution in [2.75, 3.05) is 0 Å². The van der Waals surface area contributed by atoms with Gasteiger partial charge in [-0.1, -0.05) is 6.92 Å². The fourth-order valence-corrected chi connectivity index (χ4v) is 1.14. The van der Waals surface area contributed by atoms with E-state index in [9.17, 15) is 4.79 Å². The van der Waals surface area contributed by atoms with Crippen molar-refractivity contribution in [2.45, 2.75) is 19.8 Å². The van der Waals surface area contributed by atoms with Crippen LogP contribution < -0.4 is 0 Å². The largest absolute Gasteiger partial charge is 0.481 e. The summed E-state index contributed by atoms with van der Waals surface area (Å²) < 4.78 is 0. The molecule has 0 aliphatic carbocycles. The molecule has 0 spiro atoms. The molecule has 4 heteroatoms. The van der Waals surface area contributed by atoms with Gasteiger partial charge in [-0.3, -0.25) is 4.79 Å².